The third-order valence-corrected chi connectivity index (χ3v) is 6.09. The van der Waals surface area contributed by atoms with Crippen LogP contribution >= 0.6 is 0 Å². The van der Waals surface area contributed by atoms with Gasteiger partial charge in [-0.15, -0.1) is 0 Å². The second-order valence-corrected chi connectivity index (χ2v) is 8.40. The van der Waals surface area contributed by atoms with Gasteiger partial charge in [0.25, 0.3) is 11.5 Å². The first kappa shape index (κ1) is 22.5. The molecule has 7 heteroatoms. The molecule has 0 saturated heterocycles. The second-order valence-electron chi connectivity index (χ2n) is 8.40. The summed E-state index contributed by atoms with van der Waals surface area (Å²) in [5.74, 6) is -1.00. The molecule has 0 unspecified atom stereocenters. The Bertz CT molecular complexity index is 1180. The van der Waals surface area contributed by atoms with Gasteiger partial charge >= 0.3 is 0 Å². The molecule has 170 valence electrons. The highest BCUT2D eigenvalue weighted by molar-refractivity contribution is 5.93. The summed E-state index contributed by atoms with van der Waals surface area (Å²) < 4.78 is 14.3. The minimum absolute atomic E-state index is 0.174. The lowest BCUT2D eigenvalue weighted by Gasteiger charge is -2.31. The van der Waals surface area contributed by atoms with E-state index in [0.717, 1.165) is 36.8 Å². The van der Waals surface area contributed by atoms with Gasteiger partial charge in [0.1, 0.15) is 12.4 Å². The third kappa shape index (κ3) is 5.37. The Morgan fingerprint density at radius 1 is 0.939 bits per heavy atom. The normalized spacial score (nSPS) is 14.6. The van der Waals surface area contributed by atoms with Crippen LogP contribution in [0.1, 0.15) is 47.2 Å². The fourth-order valence-electron chi connectivity index (χ4n) is 4.36. The van der Waals surface area contributed by atoms with Crippen LogP contribution in [0.25, 0.3) is 0 Å². The average Bonchev–Trinajstić information content (AvgIpc) is 3.30. The molecule has 2 amide bonds. The molecule has 2 aromatic carbocycles. The van der Waals surface area contributed by atoms with Crippen LogP contribution in [-0.2, 0) is 23.4 Å². The summed E-state index contributed by atoms with van der Waals surface area (Å²) in [6.07, 6.45) is 5.15. The van der Waals surface area contributed by atoms with E-state index in [4.69, 9.17) is 0 Å². The molecule has 0 spiro atoms. The Morgan fingerprint density at radius 2 is 1.64 bits per heavy atom. The maximum atomic E-state index is 13.0. The summed E-state index contributed by atoms with van der Waals surface area (Å²) in [5, 5.41) is 5.90. The Balaban J connectivity index is 1.44. The van der Waals surface area contributed by atoms with Crippen molar-refractivity contribution >= 4 is 11.8 Å². The lowest BCUT2D eigenvalue weighted by Crippen LogP contribution is -2.46. The predicted molar refractivity (Wildman–Crippen MR) is 123 cm³/mol. The fraction of sp³-hybridized carbons (Fsp3) is 0.269. The molecule has 3 aromatic rings. The summed E-state index contributed by atoms with van der Waals surface area (Å²) in [6.45, 7) is 0.0464. The lowest BCUT2D eigenvalue weighted by atomic mass is 9.88. The van der Waals surface area contributed by atoms with Crippen LogP contribution in [0, 0.1) is 5.82 Å². The van der Waals surface area contributed by atoms with E-state index in [9.17, 15) is 18.8 Å². The number of benzene rings is 2. The van der Waals surface area contributed by atoms with Crippen molar-refractivity contribution < 1.29 is 14.0 Å². The molecular weight excluding hydrogens is 421 g/mol. The number of aromatic nitrogens is 1. The van der Waals surface area contributed by atoms with E-state index in [1.165, 1.54) is 35.0 Å². The Morgan fingerprint density at radius 3 is 2.33 bits per heavy atom. The molecule has 1 fully saturated rings. The number of nitrogens with one attached hydrogen (secondary N) is 2. The van der Waals surface area contributed by atoms with Gasteiger partial charge in [0, 0.05) is 18.8 Å². The minimum atomic E-state index is -0.425. The van der Waals surface area contributed by atoms with E-state index in [-0.39, 0.29) is 41.8 Å². The quantitative estimate of drug-likeness (QED) is 0.582. The summed E-state index contributed by atoms with van der Waals surface area (Å²) in [7, 11) is 0. The van der Waals surface area contributed by atoms with E-state index in [1.807, 2.05) is 30.3 Å². The number of amides is 2. The minimum Gasteiger partial charge on any atom is -0.348 e. The van der Waals surface area contributed by atoms with Crippen LogP contribution in [0.4, 0.5) is 4.39 Å². The molecule has 2 N–H and O–H groups in total. The van der Waals surface area contributed by atoms with Crippen LogP contribution in [0.2, 0.25) is 0 Å². The molecule has 1 aliphatic carbocycles. The summed E-state index contributed by atoms with van der Waals surface area (Å²) in [5.41, 5.74) is 1.30. The highest BCUT2D eigenvalue weighted by Gasteiger charge is 2.36. The molecule has 0 radical (unpaired) electrons. The van der Waals surface area contributed by atoms with Crippen molar-refractivity contribution in [2.75, 3.05) is 0 Å². The van der Waals surface area contributed by atoms with Crippen molar-refractivity contribution in [3.63, 3.8) is 0 Å². The number of rotatable bonds is 7. The van der Waals surface area contributed by atoms with Crippen LogP contribution in [0.5, 0.6) is 0 Å². The molecule has 0 atom stereocenters. The molecule has 33 heavy (non-hydrogen) atoms. The number of carbonyl (C=O) groups excluding carboxylic acids is 2. The van der Waals surface area contributed by atoms with Crippen molar-refractivity contribution in [3.8, 4) is 0 Å². The van der Waals surface area contributed by atoms with E-state index in [2.05, 4.69) is 10.6 Å². The van der Waals surface area contributed by atoms with Crippen molar-refractivity contribution in [1.82, 2.24) is 15.2 Å². The number of hydrogen-bond donors (Lipinski definition) is 2. The molecular formula is C26H26FN3O3. The zero-order chi connectivity index (χ0) is 23.3. The number of carbonyl (C=O) groups is 2. The van der Waals surface area contributed by atoms with Gasteiger partial charge in [0.15, 0.2) is 0 Å². The molecule has 1 saturated carbocycles. The zero-order valence-electron chi connectivity index (χ0n) is 18.2. The lowest BCUT2D eigenvalue weighted by molar-refractivity contribution is -0.123. The Hall–Kier alpha value is -3.74. The average molecular weight is 448 g/mol. The summed E-state index contributed by atoms with van der Waals surface area (Å²) in [4.78, 5) is 37.8. The van der Waals surface area contributed by atoms with Gasteiger partial charge in [-0.1, -0.05) is 55.3 Å². The van der Waals surface area contributed by atoms with Gasteiger partial charge in [0.2, 0.25) is 5.91 Å². The standard InChI is InChI=1S/C26H26FN3O3/c27-22-11-8-19(9-12-22)16-28-25(33)20-10-13-24(32)30(17-20)18-23(31)29-26(14-4-5-15-26)21-6-2-1-3-7-21/h1-3,6-13,17H,4-5,14-16,18H2,(H,28,33)(H,29,31). The fourth-order valence-corrected chi connectivity index (χ4v) is 4.36. The Labute approximate surface area is 191 Å². The van der Waals surface area contributed by atoms with Crippen molar-refractivity contribution in [2.45, 2.75) is 44.3 Å². The van der Waals surface area contributed by atoms with Crippen molar-refractivity contribution in [2.24, 2.45) is 0 Å². The largest absolute Gasteiger partial charge is 0.348 e. The van der Waals surface area contributed by atoms with E-state index in [0.29, 0.717) is 0 Å². The van der Waals surface area contributed by atoms with E-state index >= 15 is 0 Å². The predicted octanol–water partition coefficient (Wildman–Crippen LogP) is 3.50. The molecule has 1 aliphatic rings. The Kier molecular flexibility index (Phi) is 6.68. The maximum absolute atomic E-state index is 13.0. The van der Waals surface area contributed by atoms with Gasteiger partial charge in [-0.05, 0) is 42.2 Å². The highest BCUT2D eigenvalue weighted by atomic mass is 19.1. The van der Waals surface area contributed by atoms with Gasteiger partial charge in [-0.25, -0.2) is 4.39 Å². The molecule has 1 aromatic heterocycles. The number of pyridine rings is 1. The second kappa shape index (κ2) is 9.81. The van der Waals surface area contributed by atoms with Crippen LogP contribution in [0.3, 0.4) is 0 Å². The third-order valence-electron chi connectivity index (χ3n) is 6.09. The van der Waals surface area contributed by atoms with E-state index in [1.54, 1.807) is 12.1 Å². The highest BCUT2D eigenvalue weighted by Crippen LogP contribution is 2.38. The van der Waals surface area contributed by atoms with E-state index < -0.39 is 5.54 Å². The molecule has 1 heterocycles. The maximum Gasteiger partial charge on any atom is 0.253 e. The van der Waals surface area contributed by atoms with Crippen LogP contribution in [-0.4, -0.2) is 16.4 Å². The summed E-state index contributed by atoms with van der Waals surface area (Å²) in [6, 6.07) is 18.4. The molecule has 4 rings (SSSR count). The first-order valence-corrected chi connectivity index (χ1v) is 11.0. The van der Waals surface area contributed by atoms with Gasteiger partial charge in [-0.3, -0.25) is 14.4 Å². The van der Waals surface area contributed by atoms with Crippen molar-refractivity contribution in [1.29, 1.82) is 0 Å². The van der Waals surface area contributed by atoms with Gasteiger partial charge in [-0.2, -0.15) is 0 Å². The van der Waals surface area contributed by atoms with Gasteiger partial charge in [0.05, 0.1) is 11.1 Å². The zero-order valence-corrected chi connectivity index (χ0v) is 18.2. The first-order chi connectivity index (χ1) is 15.9. The monoisotopic (exact) mass is 447 g/mol. The summed E-state index contributed by atoms with van der Waals surface area (Å²) >= 11 is 0. The van der Waals surface area contributed by atoms with Crippen LogP contribution < -0.4 is 16.2 Å². The first-order valence-electron chi connectivity index (χ1n) is 11.0. The molecule has 0 bridgehead atoms. The van der Waals surface area contributed by atoms with Crippen molar-refractivity contribution in [3.05, 3.63) is 106 Å². The number of halogens is 1. The SMILES string of the molecule is O=C(Cn1cc(C(=O)NCc2ccc(F)cc2)ccc1=O)NC1(c2ccccc2)CCCC1. The molecule has 6 nitrogen and oxygen atoms in total. The smallest absolute Gasteiger partial charge is 0.253 e. The molecule has 0 aliphatic heterocycles. The van der Waals surface area contributed by atoms with Crippen LogP contribution in [0.15, 0.2) is 77.7 Å². The number of hydrogen-bond acceptors (Lipinski definition) is 3. The topological polar surface area (TPSA) is 80.2 Å². The van der Waals surface area contributed by atoms with Gasteiger partial charge < -0.3 is 15.2 Å². The number of nitrogens with zero attached hydrogens (tertiary/aromatic N) is 1.